The Morgan fingerprint density at radius 3 is 2.67 bits per heavy atom. The van der Waals surface area contributed by atoms with Crippen molar-refractivity contribution in [2.24, 2.45) is 5.84 Å². The zero-order valence-corrected chi connectivity index (χ0v) is 11.5. The van der Waals surface area contributed by atoms with Gasteiger partial charge in [-0.25, -0.2) is 10.8 Å². The van der Waals surface area contributed by atoms with Crippen LogP contribution in [0.4, 0.5) is 11.6 Å². The Labute approximate surface area is 109 Å². The van der Waals surface area contributed by atoms with Crippen LogP contribution in [0.1, 0.15) is 26.7 Å². The molecule has 1 heterocycles. The minimum Gasteiger partial charge on any atom is -0.369 e. The third-order valence-electron chi connectivity index (χ3n) is 2.91. The zero-order valence-electron chi connectivity index (χ0n) is 11.5. The highest BCUT2D eigenvalue weighted by molar-refractivity contribution is 5.40. The highest BCUT2D eigenvalue weighted by Crippen LogP contribution is 2.05. The fourth-order valence-electron chi connectivity index (χ4n) is 1.48. The van der Waals surface area contributed by atoms with E-state index < -0.39 is 0 Å². The normalized spacial score (nSPS) is 11.0. The van der Waals surface area contributed by atoms with Gasteiger partial charge in [0.25, 0.3) is 0 Å². The fraction of sp³-hybridized carbons (Fsp3) is 0.667. The van der Waals surface area contributed by atoms with E-state index in [0.717, 1.165) is 25.3 Å². The summed E-state index contributed by atoms with van der Waals surface area (Å²) in [4.78, 5) is 10.6. The van der Waals surface area contributed by atoms with Gasteiger partial charge in [-0.3, -0.25) is 4.98 Å². The molecule has 6 heteroatoms. The predicted octanol–water partition coefficient (Wildman–Crippen LogP) is 1.29. The van der Waals surface area contributed by atoms with Crippen molar-refractivity contribution in [3.63, 3.8) is 0 Å². The van der Waals surface area contributed by atoms with E-state index in [2.05, 4.69) is 46.5 Å². The lowest BCUT2D eigenvalue weighted by molar-refractivity contribution is 0.269. The molecule has 0 bridgehead atoms. The van der Waals surface area contributed by atoms with Gasteiger partial charge in [-0.05, 0) is 40.3 Å². The number of nitrogens with zero attached hydrogens (tertiary/aromatic N) is 3. The van der Waals surface area contributed by atoms with Gasteiger partial charge in [0, 0.05) is 12.6 Å². The summed E-state index contributed by atoms with van der Waals surface area (Å²) >= 11 is 0. The van der Waals surface area contributed by atoms with Crippen molar-refractivity contribution in [2.45, 2.75) is 32.7 Å². The van der Waals surface area contributed by atoms with Crippen LogP contribution in [0, 0.1) is 0 Å². The summed E-state index contributed by atoms with van der Waals surface area (Å²) in [6, 6.07) is 0.608. The van der Waals surface area contributed by atoms with Gasteiger partial charge < -0.3 is 15.6 Å². The monoisotopic (exact) mass is 252 g/mol. The van der Waals surface area contributed by atoms with Crippen molar-refractivity contribution >= 4 is 11.6 Å². The molecule has 0 radical (unpaired) electrons. The molecule has 0 saturated heterocycles. The van der Waals surface area contributed by atoms with Gasteiger partial charge >= 0.3 is 0 Å². The minimum absolute atomic E-state index is 0.569. The number of nitrogens with two attached hydrogens (primary N) is 1. The molecule has 0 aliphatic carbocycles. The van der Waals surface area contributed by atoms with Gasteiger partial charge in [0.15, 0.2) is 5.82 Å². The Balaban J connectivity index is 2.17. The average molecular weight is 252 g/mol. The second-order valence-corrected chi connectivity index (χ2v) is 4.64. The number of anilines is 2. The second-order valence-electron chi connectivity index (χ2n) is 4.64. The first-order valence-corrected chi connectivity index (χ1v) is 6.36. The first-order chi connectivity index (χ1) is 8.63. The summed E-state index contributed by atoms with van der Waals surface area (Å²) in [6.45, 7) is 6.43. The number of hydrogen-bond donors (Lipinski definition) is 3. The van der Waals surface area contributed by atoms with Gasteiger partial charge in [0.05, 0.1) is 12.4 Å². The fourth-order valence-corrected chi connectivity index (χ4v) is 1.48. The quantitative estimate of drug-likeness (QED) is 0.367. The molecule has 0 atom stereocenters. The number of unbranched alkanes of at least 4 members (excludes halogenated alkanes) is 1. The van der Waals surface area contributed by atoms with Crippen molar-refractivity contribution < 1.29 is 0 Å². The second kappa shape index (κ2) is 7.84. The Bertz CT molecular complexity index is 341. The minimum atomic E-state index is 0.569. The van der Waals surface area contributed by atoms with E-state index in [1.165, 1.54) is 6.42 Å². The summed E-state index contributed by atoms with van der Waals surface area (Å²) in [5.74, 6) is 6.59. The maximum absolute atomic E-state index is 5.27. The van der Waals surface area contributed by atoms with Crippen LogP contribution in [0.3, 0.4) is 0 Å². The Morgan fingerprint density at radius 1 is 1.28 bits per heavy atom. The van der Waals surface area contributed by atoms with Crippen LogP contribution in [-0.2, 0) is 0 Å². The number of nitrogen functional groups attached to an aromatic ring is 1. The lowest BCUT2D eigenvalue weighted by atomic mass is 10.2. The summed E-state index contributed by atoms with van der Waals surface area (Å²) < 4.78 is 0. The molecule has 18 heavy (non-hydrogen) atoms. The van der Waals surface area contributed by atoms with Crippen LogP contribution in [0.2, 0.25) is 0 Å². The van der Waals surface area contributed by atoms with E-state index >= 15 is 0 Å². The summed E-state index contributed by atoms with van der Waals surface area (Å²) in [5.41, 5.74) is 2.48. The Kier molecular flexibility index (Phi) is 6.38. The molecule has 0 aromatic carbocycles. The highest BCUT2D eigenvalue weighted by atomic mass is 15.3. The van der Waals surface area contributed by atoms with Gasteiger partial charge in [-0.1, -0.05) is 0 Å². The number of hydrogen-bond acceptors (Lipinski definition) is 6. The molecule has 1 aromatic rings. The third kappa shape index (κ3) is 5.29. The molecule has 102 valence electrons. The molecular weight excluding hydrogens is 228 g/mol. The molecule has 0 saturated carbocycles. The topological polar surface area (TPSA) is 79.1 Å². The van der Waals surface area contributed by atoms with Crippen molar-refractivity contribution in [1.29, 1.82) is 0 Å². The van der Waals surface area contributed by atoms with E-state index in [4.69, 9.17) is 5.84 Å². The molecule has 0 unspecified atom stereocenters. The molecule has 4 N–H and O–H groups in total. The van der Waals surface area contributed by atoms with Crippen molar-refractivity contribution in [1.82, 2.24) is 14.9 Å². The SMILES string of the molecule is CC(C)N(C)CCCCNc1cncc(NN)n1. The van der Waals surface area contributed by atoms with Gasteiger partial charge in [0.1, 0.15) is 5.82 Å². The van der Waals surface area contributed by atoms with Crippen LogP contribution >= 0.6 is 0 Å². The number of rotatable bonds is 8. The van der Waals surface area contributed by atoms with Gasteiger partial charge in [-0.15, -0.1) is 0 Å². The van der Waals surface area contributed by atoms with Crippen LogP contribution in [0.15, 0.2) is 12.4 Å². The number of aromatic nitrogens is 2. The third-order valence-corrected chi connectivity index (χ3v) is 2.91. The van der Waals surface area contributed by atoms with Gasteiger partial charge in [0.2, 0.25) is 0 Å². The molecule has 0 aliphatic rings. The van der Waals surface area contributed by atoms with E-state index in [1.54, 1.807) is 12.4 Å². The Hall–Kier alpha value is -1.40. The summed E-state index contributed by atoms with van der Waals surface area (Å²) in [7, 11) is 2.15. The van der Waals surface area contributed by atoms with E-state index in [1.807, 2.05) is 0 Å². The van der Waals surface area contributed by atoms with E-state index in [9.17, 15) is 0 Å². The van der Waals surface area contributed by atoms with Crippen LogP contribution in [0.5, 0.6) is 0 Å². The standard InChI is InChI=1S/C12H24N6/c1-10(2)18(3)7-5-4-6-15-11-8-14-9-12(16-11)17-13/h8-10H,4-7,13H2,1-3H3,(H2,15,16,17). The first kappa shape index (κ1) is 14.7. The van der Waals surface area contributed by atoms with E-state index in [0.29, 0.717) is 11.9 Å². The lowest BCUT2D eigenvalue weighted by Gasteiger charge is -2.20. The first-order valence-electron chi connectivity index (χ1n) is 6.36. The molecule has 0 spiro atoms. The summed E-state index contributed by atoms with van der Waals surface area (Å²) in [5, 5.41) is 3.23. The number of nitrogens with one attached hydrogen (secondary N) is 2. The lowest BCUT2D eigenvalue weighted by Crippen LogP contribution is -2.27. The van der Waals surface area contributed by atoms with Crippen LogP contribution in [0.25, 0.3) is 0 Å². The highest BCUT2D eigenvalue weighted by Gasteiger charge is 2.02. The number of hydrazine groups is 1. The van der Waals surface area contributed by atoms with Crippen LogP contribution in [-0.4, -0.2) is 41.0 Å². The Morgan fingerprint density at radius 2 is 2.00 bits per heavy atom. The van der Waals surface area contributed by atoms with Crippen molar-refractivity contribution in [3.05, 3.63) is 12.4 Å². The maximum Gasteiger partial charge on any atom is 0.160 e. The molecule has 0 amide bonds. The predicted molar refractivity (Wildman–Crippen MR) is 75.3 cm³/mol. The molecule has 6 nitrogen and oxygen atoms in total. The van der Waals surface area contributed by atoms with Gasteiger partial charge in [-0.2, -0.15) is 0 Å². The van der Waals surface area contributed by atoms with Crippen LogP contribution < -0.4 is 16.6 Å². The largest absolute Gasteiger partial charge is 0.369 e. The summed E-state index contributed by atoms with van der Waals surface area (Å²) in [6.07, 6.45) is 5.56. The molecule has 0 fully saturated rings. The zero-order chi connectivity index (χ0) is 13.4. The van der Waals surface area contributed by atoms with Crippen molar-refractivity contribution in [3.8, 4) is 0 Å². The molecule has 0 aliphatic heterocycles. The smallest absolute Gasteiger partial charge is 0.160 e. The molecular formula is C12H24N6. The average Bonchev–Trinajstić information content (AvgIpc) is 2.38. The molecule has 1 rings (SSSR count). The van der Waals surface area contributed by atoms with Crippen molar-refractivity contribution in [2.75, 3.05) is 30.9 Å². The van der Waals surface area contributed by atoms with E-state index in [-0.39, 0.29) is 0 Å². The maximum atomic E-state index is 5.27. The molecule has 1 aromatic heterocycles.